The zero-order chi connectivity index (χ0) is 18.5. The molecule has 3 aromatic rings. The molecule has 7 heteroatoms. The summed E-state index contributed by atoms with van der Waals surface area (Å²) in [5.74, 6) is 2.06. The van der Waals surface area contributed by atoms with Gasteiger partial charge in [-0.2, -0.15) is 5.10 Å². The molecule has 1 unspecified atom stereocenters. The van der Waals surface area contributed by atoms with Gasteiger partial charge in [0.05, 0.1) is 24.9 Å². The molecule has 1 fully saturated rings. The minimum Gasteiger partial charge on any atom is -0.378 e. The van der Waals surface area contributed by atoms with E-state index >= 15 is 0 Å². The minimum absolute atomic E-state index is 0.0482. The van der Waals surface area contributed by atoms with Crippen LogP contribution in [-0.4, -0.2) is 39.9 Å². The van der Waals surface area contributed by atoms with Crippen LogP contribution in [0.2, 0.25) is 0 Å². The smallest absolute Gasteiger partial charge is 0.154 e. The molecule has 138 valence electrons. The highest BCUT2D eigenvalue weighted by Crippen LogP contribution is 2.20. The molecule has 0 amide bonds. The van der Waals surface area contributed by atoms with Crippen LogP contribution in [0.5, 0.6) is 0 Å². The number of hydrogen-bond donors (Lipinski definition) is 3. The van der Waals surface area contributed by atoms with Crippen LogP contribution >= 0.6 is 0 Å². The predicted molar refractivity (Wildman–Crippen MR) is 106 cm³/mol. The standard InChI is InChI=1S/C20H22N6O/c1-14-11-20(26-25-14)24-19-12-16(17-13-27-10-9-21-17)22-18(23-19)8-7-15-5-3-2-4-6-15/h2-8,11-12,17,21H,9-10,13H2,1H3,(H2,22,23,24,25,26). The van der Waals surface area contributed by atoms with Gasteiger partial charge in [-0.25, -0.2) is 9.97 Å². The van der Waals surface area contributed by atoms with Crippen molar-refractivity contribution < 1.29 is 4.74 Å². The molecule has 3 heterocycles. The Bertz CT molecular complexity index is 915. The van der Waals surface area contributed by atoms with Crippen molar-refractivity contribution in [3.8, 4) is 0 Å². The van der Waals surface area contributed by atoms with E-state index in [-0.39, 0.29) is 6.04 Å². The van der Waals surface area contributed by atoms with E-state index in [0.29, 0.717) is 18.2 Å². The van der Waals surface area contributed by atoms with Gasteiger partial charge in [-0.3, -0.25) is 5.10 Å². The van der Waals surface area contributed by atoms with Crippen molar-refractivity contribution in [3.63, 3.8) is 0 Å². The summed E-state index contributed by atoms with van der Waals surface area (Å²) >= 11 is 0. The number of morpholine rings is 1. The quantitative estimate of drug-likeness (QED) is 0.646. The van der Waals surface area contributed by atoms with Crippen LogP contribution in [0, 0.1) is 6.92 Å². The summed E-state index contributed by atoms with van der Waals surface area (Å²) in [6.45, 7) is 4.09. The van der Waals surface area contributed by atoms with Crippen LogP contribution < -0.4 is 10.6 Å². The van der Waals surface area contributed by atoms with Gasteiger partial charge in [-0.15, -0.1) is 0 Å². The summed E-state index contributed by atoms with van der Waals surface area (Å²) < 4.78 is 5.59. The SMILES string of the molecule is Cc1cc(Nc2cc(C3COCCN3)nc(C=Cc3ccccc3)n2)n[nH]1. The lowest BCUT2D eigenvalue weighted by Gasteiger charge is -2.23. The maximum atomic E-state index is 5.59. The molecule has 4 rings (SSSR count). The fraction of sp³-hybridized carbons (Fsp3) is 0.250. The van der Waals surface area contributed by atoms with Gasteiger partial charge < -0.3 is 15.4 Å². The van der Waals surface area contributed by atoms with Crippen LogP contribution in [0.3, 0.4) is 0 Å². The van der Waals surface area contributed by atoms with Crippen LogP contribution in [0.15, 0.2) is 42.5 Å². The Balaban J connectivity index is 1.64. The Morgan fingerprint density at radius 1 is 1.11 bits per heavy atom. The van der Waals surface area contributed by atoms with Gasteiger partial charge in [0.25, 0.3) is 0 Å². The van der Waals surface area contributed by atoms with Gasteiger partial charge in [-0.05, 0) is 18.6 Å². The monoisotopic (exact) mass is 362 g/mol. The van der Waals surface area contributed by atoms with Crippen molar-refractivity contribution in [2.24, 2.45) is 0 Å². The number of aromatic nitrogens is 4. The van der Waals surface area contributed by atoms with Gasteiger partial charge in [0.15, 0.2) is 11.6 Å². The molecule has 1 saturated heterocycles. The minimum atomic E-state index is 0.0482. The average molecular weight is 362 g/mol. The number of rotatable bonds is 5. The lowest BCUT2D eigenvalue weighted by molar-refractivity contribution is 0.0756. The molecule has 27 heavy (non-hydrogen) atoms. The van der Waals surface area contributed by atoms with Crippen molar-refractivity contribution in [1.29, 1.82) is 0 Å². The molecule has 0 bridgehead atoms. The first-order valence-electron chi connectivity index (χ1n) is 8.98. The maximum absolute atomic E-state index is 5.59. The summed E-state index contributed by atoms with van der Waals surface area (Å²) in [5, 5.41) is 13.8. The number of ether oxygens (including phenoxy) is 1. The number of benzene rings is 1. The molecule has 1 aliphatic heterocycles. The Morgan fingerprint density at radius 3 is 2.74 bits per heavy atom. The first-order valence-corrected chi connectivity index (χ1v) is 8.98. The Kier molecular flexibility index (Phi) is 5.22. The topological polar surface area (TPSA) is 87.8 Å². The summed E-state index contributed by atoms with van der Waals surface area (Å²) in [6.07, 6.45) is 3.93. The second-order valence-corrected chi connectivity index (χ2v) is 6.42. The Labute approximate surface area is 157 Å². The van der Waals surface area contributed by atoms with E-state index < -0.39 is 0 Å². The lowest BCUT2D eigenvalue weighted by Crippen LogP contribution is -2.35. The highest BCUT2D eigenvalue weighted by atomic mass is 16.5. The molecule has 1 aromatic carbocycles. The van der Waals surface area contributed by atoms with Crippen molar-refractivity contribution in [3.05, 3.63) is 65.2 Å². The first kappa shape index (κ1) is 17.4. The third kappa shape index (κ3) is 4.58. The summed E-state index contributed by atoms with van der Waals surface area (Å²) in [7, 11) is 0. The summed E-state index contributed by atoms with van der Waals surface area (Å²) in [4.78, 5) is 9.33. The summed E-state index contributed by atoms with van der Waals surface area (Å²) in [6, 6.07) is 14.0. The molecule has 0 radical (unpaired) electrons. The number of H-pyrrole nitrogens is 1. The van der Waals surface area contributed by atoms with E-state index in [9.17, 15) is 0 Å². The van der Waals surface area contributed by atoms with Gasteiger partial charge in [0.1, 0.15) is 5.82 Å². The molecular weight excluding hydrogens is 340 g/mol. The second-order valence-electron chi connectivity index (χ2n) is 6.42. The number of nitrogens with zero attached hydrogens (tertiary/aromatic N) is 3. The van der Waals surface area contributed by atoms with Gasteiger partial charge >= 0.3 is 0 Å². The molecule has 0 spiro atoms. The van der Waals surface area contributed by atoms with Crippen molar-refractivity contribution >= 4 is 23.8 Å². The van der Waals surface area contributed by atoms with E-state index in [0.717, 1.165) is 35.9 Å². The van der Waals surface area contributed by atoms with Gasteiger partial charge in [0, 0.05) is 24.4 Å². The third-order valence-electron chi connectivity index (χ3n) is 4.23. The Morgan fingerprint density at radius 2 is 2.00 bits per heavy atom. The molecular formula is C20H22N6O. The van der Waals surface area contributed by atoms with E-state index in [2.05, 4.69) is 25.8 Å². The zero-order valence-corrected chi connectivity index (χ0v) is 15.1. The molecule has 0 saturated carbocycles. The second kappa shape index (κ2) is 8.11. The zero-order valence-electron chi connectivity index (χ0n) is 15.1. The van der Waals surface area contributed by atoms with Gasteiger partial charge in [0.2, 0.25) is 0 Å². The average Bonchev–Trinajstić information content (AvgIpc) is 3.12. The van der Waals surface area contributed by atoms with Gasteiger partial charge in [-0.1, -0.05) is 36.4 Å². The Hall–Kier alpha value is -3.03. The molecule has 7 nitrogen and oxygen atoms in total. The van der Waals surface area contributed by atoms with Crippen LogP contribution in [0.1, 0.15) is 28.8 Å². The number of aryl methyl sites for hydroxylation is 1. The van der Waals surface area contributed by atoms with Crippen LogP contribution in [0.25, 0.3) is 12.2 Å². The van der Waals surface area contributed by atoms with Crippen molar-refractivity contribution in [2.45, 2.75) is 13.0 Å². The van der Waals surface area contributed by atoms with Crippen LogP contribution in [-0.2, 0) is 4.74 Å². The van der Waals surface area contributed by atoms with E-state index in [1.807, 2.05) is 61.5 Å². The predicted octanol–water partition coefficient (Wildman–Crippen LogP) is 3.08. The van der Waals surface area contributed by atoms with Crippen molar-refractivity contribution in [2.75, 3.05) is 25.1 Å². The number of anilines is 2. The van der Waals surface area contributed by atoms with Crippen molar-refractivity contribution in [1.82, 2.24) is 25.5 Å². The highest BCUT2D eigenvalue weighted by Gasteiger charge is 2.18. The highest BCUT2D eigenvalue weighted by molar-refractivity contribution is 5.67. The molecule has 0 aliphatic carbocycles. The summed E-state index contributed by atoms with van der Waals surface area (Å²) in [5.41, 5.74) is 2.98. The maximum Gasteiger partial charge on any atom is 0.154 e. The van der Waals surface area contributed by atoms with E-state index in [4.69, 9.17) is 9.72 Å². The lowest BCUT2D eigenvalue weighted by atomic mass is 10.1. The number of aromatic amines is 1. The fourth-order valence-electron chi connectivity index (χ4n) is 2.91. The first-order chi connectivity index (χ1) is 13.3. The molecule has 1 aliphatic rings. The largest absolute Gasteiger partial charge is 0.378 e. The van der Waals surface area contributed by atoms with E-state index in [1.54, 1.807) is 0 Å². The molecule has 1 atom stereocenters. The number of nitrogens with one attached hydrogen (secondary N) is 3. The number of hydrogen-bond acceptors (Lipinski definition) is 6. The van der Waals surface area contributed by atoms with E-state index in [1.165, 1.54) is 0 Å². The third-order valence-corrected chi connectivity index (χ3v) is 4.23. The van der Waals surface area contributed by atoms with Crippen LogP contribution in [0.4, 0.5) is 11.6 Å². The molecule has 3 N–H and O–H groups in total. The normalized spacial score (nSPS) is 17.3. The fourth-order valence-corrected chi connectivity index (χ4v) is 2.91. The molecule has 2 aromatic heterocycles.